The molecule has 0 aromatic rings. The number of unbranched alkanes of at least 4 members (excludes halogenated alkanes) is 1. The number of carbonyl (C=O) groups excluding carboxylic acids is 2. The van der Waals surface area contributed by atoms with Gasteiger partial charge in [-0.3, -0.25) is 0 Å². The molecule has 0 rings (SSSR count). The van der Waals surface area contributed by atoms with E-state index >= 15 is 0 Å². The normalized spacial score (nSPS) is 13.1. The lowest BCUT2D eigenvalue weighted by molar-refractivity contribution is -0.138. The molecule has 0 saturated heterocycles. The summed E-state index contributed by atoms with van der Waals surface area (Å²) in [6.07, 6.45) is 3.38. The Morgan fingerprint density at radius 2 is 2.06 bits per heavy atom. The molecule has 0 N–H and O–H groups in total. The Kier molecular flexibility index (Phi) is 5.99. The Labute approximate surface area is 97.3 Å². The minimum atomic E-state index is -0.638. The Bertz CT molecular complexity index is 331. The van der Waals surface area contributed by atoms with Gasteiger partial charge in [-0.1, -0.05) is 19.9 Å². The largest absolute Gasteiger partial charge is 0.466 e. The Balaban J connectivity index is 5.09. The second-order valence-electron chi connectivity index (χ2n) is 3.20. The third-order valence-corrected chi connectivity index (χ3v) is 2.01. The number of rotatable bonds is 6. The molecule has 90 valence electrons. The van der Waals surface area contributed by atoms with Crippen LogP contribution < -0.4 is 0 Å². The van der Waals surface area contributed by atoms with Crippen molar-refractivity contribution in [3.63, 3.8) is 0 Å². The van der Waals surface area contributed by atoms with Crippen molar-refractivity contribution >= 4 is 11.9 Å². The zero-order valence-electron chi connectivity index (χ0n) is 10.9. The number of esters is 2. The molecule has 0 aliphatic rings. The van der Waals surface area contributed by atoms with Crippen LogP contribution in [0, 0.1) is 0 Å². The maximum absolute atomic E-state index is 11.5. The molecule has 4 heteroatoms. The average Bonchev–Trinajstić information content (AvgIpc) is 2.36. The van der Waals surface area contributed by atoms with Gasteiger partial charge in [0.05, 0.1) is 21.2 Å². The molecule has 0 aliphatic carbocycles. The van der Waals surface area contributed by atoms with E-state index in [9.17, 15) is 9.59 Å². The highest BCUT2D eigenvalue weighted by atomic mass is 16.5. The second-order valence-corrected chi connectivity index (χ2v) is 3.20. The van der Waals surface area contributed by atoms with Crippen LogP contribution in [0.5, 0.6) is 0 Å². The smallest absolute Gasteiger partial charge is 0.338 e. The fourth-order valence-electron chi connectivity index (χ4n) is 1.07. The highest BCUT2D eigenvalue weighted by Crippen LogP contribution is 2.16. The van der Waals surface area contributed by atoms with Crippen molar-refractivity contribution in [2.75, 3.05) is 14.2 Å². The van der Waals surface area contributed by atoms with Crippen LogP contribution in [0.3, 0.4) is 0 Å². The highest BCUT2D eigenvalue weighted by molar-refractivity contribution is 5.99. The van der Waals surface area contributed by atoms with Gasteiger partial charge in [-0.2, -0.15) is 0 Å². The summed E-state index contributed by atoms with van der Waals surface area (Å²) in [4.78, 5) is 22.6. The van der Waals surface area contributed by atoms with Crippen molar-refractivity contribution in [3.8, 4) is 0 Å². The minimum absolute atomic E-state index is 0.0859. The van der Waals surface area contributed by atoms with E-state index in [1.165, 1.54) is 14.2 Å². The Morgan fingerprint density at radius 1 is 1.38 bits per heavy atom. The summed E-state index contributed by atoms with van der Waals surface area (Å²) in [7, 11) is 2.46. The summed E-state index contributed by atoms with van der Waals surface area (Å²) in [6.45, 7) is 3.07. The molecule has 0 radical (unpaired) electrons. The van der Waals surface area contributed by atoms with Crippen molar-refractivity contribution in [2.45, 2.75) is 26.2 Å². The molecular formula is C12H18O4. The van der Waals surface area contributed by atoms with Gasteiger partial charge in [0.2, 0.25) is 0 Å². The topological polar surface area (TPSA) is 52.6 Å². The third-order valence-electron chi connectivity index (χ3n) is 2.01. The molecule has 0 saturated carbocycles. The summed E-state index contributed by atoms with van der Waals surface area (Å²) in [5, 5.41) is 0. The molecule has 0 amide bonds. The Morgan fingerprint density at radius 3 is 2.50 bits per heavy atom. The van der Waals surface area contributed by atoms with Gasteiger partial charge in [0.1, 0.15) is 0 Å². The highest BCUT2D eigenvalue weighted by Gasteiger charge is 2.15. The first kappa shape index (κ1) is 12.5. The number of carbonyl (C=O) groups is 2. The number of hydrogen-bond donors (Lipinski definition) is 0. The monoisotopic (exact) mass is 227 g/mol. The lowest BCUT2D eigenvalue weighted by Gasteiger charge is -2.07. The van der Waals surface area contributed by atoms with Crippen LogP contribution in [0.1, 0.15) is 27.6 Å². The van der Waals surface area contributed by atoms with Crippen LogP contribution in [0.2, 0.25) is 0 Å². The molecule has 0 atom stereocenters. The van der Waals surface area contributed by atoms with Gasteiger partial charge < -0.3 is 9.47 Å². The number of ether oxygens (including phenoxy) is 2. The molecule has 0 aromatic carbocycles. The molecule has 0 aliphatic heterocycles. The van der Waals surface area contributed by atoms with Gasteiger partial charge in [0.15, 0.2) is 0 Å². The molecule has 0 bridgehead atoms. The van der Waals surface area contributed by atoms with E-state index in [2.05, 4.69) is 9.47 Å². The summed E-state index contributed by atoms with van der Waals surface area (Å²) in [5.41, 5.74) is 0.562. The summed E-state index contributed by atoms with van der Waals surface area (Å²) < 4.78 is 16.3. The first-order valence-electron chi connectivity index (χ1n) is 5.64. The van der Waals surface area contributed by atoms with Crippen LogP contribution in [0.4, 0.5) is 0 Å². The van der Waals surface area contributed by atoms with Crippen molar-refractivity contribution in [3.05, 3.63) is 23.8 Å². The van der Waals surface area contributed by atoms with Gasteiger partial charge in [-0.05, 0) is 18.4 Å². The number of hydrogen-bond acceptors (Lipinski definition) is 4. The SMILES string of the molecule is [2H]C=C(CCCC)/C(=C\C(=O)OC)C(=O)OC. The van der Waals surface area contributed by atoms with Crippen molar-refractivity contribution in [1.82, 2.24) is 0 Å². The quantitative estimate of drug-likeness (QED) is 0.395. The van der Waals surface area contributed by atoms with Gasteiger partial charge in [0.25, 0.3) is 0 Å². The van der Waals surface area contributed by atoms with E-state index in [0.29, 0.717) is 12.0 Å². The van der Waals surface area contributed by atoms with Crippen LogP contribution in [-0.4, -0.2) is 26.2 Å². The van der Waals surface area contributed by atoms with E-state index in [0.717, 1.165) is 25.5 Å². The molecule has 0 unspecified atom stereocenters. The maximum atomic E-state index is 11.5. The van der Waals surface area contributed by atoms with Gasteiger partial charge in [-0.25, -0.2) is 9.59 Å². The maximum Gasteiger partial charge on any atom is 0.338 e. The van der Waals surface area contributed by atoms with Gasteiger partial charge in [0, 0.05) is 6.08 Å². The average molecular weight is 227 g/mol. The molecular weight excluding hydrogens is 208 g/mol. The molecule has 4 nitrogen and oxygen atoms in total. The molecule has 0 spiro atoms. The predicted octanol–water partition coefficient (Wildman–Crippen LogP) is 2.01. The van der Waals surface area contributed by atoms with Crippen LogP contribution in [-0.2, 0) is 19.1 Å². The molecule has 0 aromatic heterocycles. The second kappa shape index (κ2) is 7.68. The zero-order chi connectivity index (χ0) is 13.3. The third kappa shape index (κ3) is 4.77. The lowest BCUT2D eigenvalue weighted by atomic mass is 10.0. The summed E-state index contributed by atoms with van der Waals surface area (Å²) in [6, 6.07) is 0. The standard InChI is InChI=1S/C12H18O4/c1-5-6-7-9(2)10(12(14)16-4)8-11(13)15-3/h8H,2,5-7H2,1,3-4H3/b10-8+/i2D/b9-2?,10-8+. The van der Waals surface area contributed by atoms with Crippen molar-refractivity contribution in [1.29, 1.82) is 0 Å². The summed E-state index contributed by atoms with van der Waals surface area (Å²) >= 11 is 0. The fourth-order valence-corrected chi connectivity index (χ4v) is 1.07. The van der Waals surface area contributed by atoms with Crippen molar-refractivity contribution in [2.24, 2.45) is 0 Å². The number of methoxy groups -OCH3 is 2. The van der Waals surface area contributed by atoms with E-state index in [1.54, 1.807) is 0 Å². The predicted molar refractivity (Wildman–Crippen MR) is 60.8 cm³/mol. The van der Waals surface area contributed by atoms with Gasteiger partial charge in [-0.15, -0.1) is 0 Å². The van der Waals surface area contributed by atoms with E-state index < -0.39 is 11.9 Å². The lowest BCUT2D eigenvalue weighted by Crippen LogP contribution is -2.10. The molecule has 0 fully saturated rings. The van der Waals surface area contributed by atoms with Gasteiger partial charge >= 0.3 is 11.9 Å². The van der Waals surface area contributed by atoms with Crippen LogP contribution in [0.25, 0.3) is 0 Å². The summed E-state index contributed by atoms with van der Waals surface area (Å²) in [5.74, 6) is -1.27. The zero-order valence-corrected chi connectivity index (χ0v) is 9.91. The first-order valence-corrected chi connectivity index (χ1v) is 5.06. The van der Waals surface area contributed by atoms with Crippen molar-refractivity contribution < 1.29 is 20.4 Å². The fraction of sp³-hybridized carbons (Fsp3) is 0.500. The van der Waals surface area contributed by atoms with Crippen LogP contribution in [0.15, 0.2) is 23.8 Å². The Hall–Kier alpha value is -1.58. The van der Waals surface area contributed by atoms with Crippen LogP contribution >= 0.6 is 0 Å². The minimum Gasteiger partial charge on any atom is -0.466 e. The van der Waals surface area contributed by atoms with E-state index in [-0.39, 0.29) is 5.57 Å². The molecule has 16 heavy (non-hydrogen) atoms. The van der Waals surface area contributed by atoms with E-state index in [1.807, 2.05) is 6.92 Å². The molecule has 0 heterocycles. The van der Waals surface area contributed by atoms with E-state index in [4.69, 9.17) is 1.37 Å². The first-order chi connectivity index (χ1) is 8.10.